The van der Waals surface area contributed by atoms with Gasteiger partial charge in [0.1, 0.15) is 0 Å². The van der Waals surface area contributed by atoms with Gasteiger partial charge in [-0.25, -0.2) is 18.1 Å². The van der Waals surface area contributed by atoms with Crippen molar-refractivity contribution >= 4 is 21.4 Å². The van der Waals surface area contributed by atoms with Crippen LogP contribution >= 0.6 is 11.6 Å². The number of sulfone groups is 1. The average Bonchev–Trinajstić information content (AvgIpc) is 3.35. The molecule has 0 spiro atoms. The topological polar surface area (TPSA) is 81.8 Å². The molecule has 1 atom stereocenters. The summed E-state index contributed by atoms with van der Waals surface area (Å²) in [6.07, 6.45) is 8.03. The van der Waals surface area contributed by atoms with Crippen LogP contribution in [0.2, 0.25) is 5.02 Å². The molecule has 1 aliphatic heterocycles. The summed E-state index contributed by atoms with van der Waals surface area (Å²) in [7, 11) is -2.86. The maximum atomic E-state index is 11.5. The van der Waals surface area contributed by atoms with Crippen LogP contribution in [0.15, 0.2) is 49.2 Å². The Kier molecular flexibility index (Phi) is 5.03. The Bertz CT molecular complexity index is 1030. The van der Waals surface area contributed by atoms with E-state index in [1.54, 1.807) is 17.2 Å². The van der Waals surface area contributed by atoms with Crippen molar-refractivity contribution in [3.63, 3.8) is 0 Å². The van der Waals surface area contributed by atoms with Crippen LogP contribution in [0.1, 0.15) is 6.42 Å². The number of nitrogens with one attached hydrogen (secondary N) is 1. The Hall–Kier alpha value is -2.16. The number of rotatable bonds is 6. The van der Waals surface area contributed by atoms with Crippen LogP contribution in [-0.2, 0) is 16.4 Å². The van der Waals surface area contributed by atoms with Gasteiger partial charge in [-0.05, 0) is 30.7 Å². The minimum absolute atomic E-state index is 0.0506. The molecule has 27 heavy (non-hydrogen) atoms. The summed E-state index contributed by atoms with van der Waals surface area (Å²) in [4.78, 5) is 4.25. The first kappa shape index (κ1) is 18.2. The molecule has 2 aromatic heterocycles. The second-order valence-corrected chi connectivity index (χ2v) is 9.34. The fraction of sp³-hybridized carbons (Fsp3) is 0.333. The van der Waals surface area contributed by atoms with E-state index in [0.717, 1.165) is 16.9 Å². The van der Waals surface area contributed by atoms with Gasteiger partial charge >= 0.3 is 0 Å². The van der Waals surface area contributed by atoms with E-state index in [0.29, 0.717) is 24.5 Å². The van der Waals surface area contributed by atoms with E-state index < -0.39 is 9.84 Å². The third-order valence-electron chi connectivity index (χ3n) is 4.70. The monoisotopic (exact) mass is 405 g/mol. The number of halogens is 1. The van der Waals surface area contributed by atoms with Crippen molar-refractivity contribution in [1.29, 1.82) is 0 Å². The molecule has 1 aliphatic rings. The first-order valence-electron chi connectivity index (χ1n) is 8.75. The van der Waals surface area contributed by atoms with Gasteiger partial charge in [0.15, 0.2) is 9.84 Å². The van der Waals surface area contributed by atoms with Gasteiger partial charge < -0.3 is 9.88 Å². The molecule has 3 heterocycles. The van der Waals surface area contributed by atoms with E-state index in [2.05, 4.69) is 15.4 Å². The average molecular weight is 406 g/mol. The molecule has 4 rings (SSSR count). The zero-order valence-corrected chi connectivity index (χ0v) is 16.2. The number of aromatic nitrogens is 4. The number of hydrogen-bond donors (Lipinski definition) is 1. The van der Waals surface area contributed by atoms with E-state index in [1.165, 1.54) is 0 Å². The molecule has 1 fully saturated rings. The molecular formula is C18H20ClN5O2S. The second kappa shape index (κ2) is 7.46. The molecular weight excluding hydrogens is 386 g/mol. The Morgan fingerprint density at radius 1 is 1.22 bits per heavy atom. The highest BCUT2D eigenvalue weighted by molar-refractivity contribution is 7.91. The SMILES string of the molecule is O=S1(=O)CC[C@H](NCCn2cncc2-c2cnn(-c3ccc(Cl)cc3)c2)C1. The normalized spacial score (nSPS) is 18.8. The predicted octanol–water partition coefficient (Wildman–Crippen LogP) is 2.17. The van der Waals surface area contributed by atoms with E-state index in [4.69, 9.17) is 11.6 Å². The summed E-state index contributed by atoms with van der Waals surface area (Å²) in [5.41, 5.74) is 2.86. The molecule has 0 unspecified atom stereocenters. The van der Waals surface area contributed by atoms with Crippen LogP contribution < -0.4 is 5.32 Å². The van der Waals surface area contributed by atoms with Gasteiger partial charge in [-0.3, -0.25) is 0 Å². The summed E-state index contributed by atoms with van der Waals surface area (Å²) in [5.74, 6) is 0.516. The highest BCUT2D eigenvalue weighted by Gasteiger charge is 2.27. The van der Waals surface area contributed by atoms with E-state index in [1.807, 2.05) is 41.2 Å². The molecule has 3 aromatic rings. The summed E-state index contributed by atoms with van der Waals surface area (Å²) in [6.45, 7) is 1.40. The molecule has 0 amide bonds. The lowest BCUT2D eigenvalue weighted by Crippen LogP contribution is -2.32. The van der Waals surface area contributed by atoms with Crippen molar-refractivity contribution in [2.24, 2.45) is 0 Å². The van der Waals surface area contributed by atoms with Crippen LogP contribution in [0.4, 0.5) is 0 Å². The van der Waals surface area contributed by atoms with Crippen LogP contribution in [0.5, 0.6) is 0 Å². The Morgan fingerprint density at radius 2 is 2.04 bits per heavy atom. The van der Waals surface area contributed by atoms with Gasteiger partial charge in [0.2, 0.25) is 0 Å². The van der Waals surface area contributed by atoms with Gasteiger partial charge in [0.05, 0.1) is 41.6 Å². The number of hydrogen-bond acceptors (Lipinski definition) is 5. The molecule has 142 valence electrons. The minimum Gasteiger partial charge on any atom is -0.329 e. The highest BCUT2D eigenvalue weighted by Crippen LogP contribution is 2.21. The van der Waals surface area contributed by atoms with E-state index >= 15 is 0 Å². The van der Waals surface area contributed by atoms with Crippen molar-refractivity contribution in [3.8, 4) is 16.9 Å². The molecule has 9 heteroatoms. The number of nitrogens with zero attached hydrogens (tertiary/aromatic N) is 4. The van der Waals surface area contributed by atoms with Gasteiger partial charge in [0, 0.05) is 35.9 Å². The minimum atomic E-state index is -2.86. The standard InChI is InChI=1S/C18H20ClN5O2S/c19-15-1-3-17(4-2-15)24-11-14(9-22-24)18-10-20-13-23(18)7-6-21-16-5-8-27(25,26)12-16/h1-4,9-11,13,16,21H,5-8,12H2/t16-/m0/s1. The van der Waals surface area contributed by atoms with E-state index in [9.17, 15) is 8.42 Å². The number of imidazole rings is 1. The summed E-state index contributed by atoms with van der Waals surface area (Å²) < 4.78 is 26.9. The Balaban J connectivity index is 1.42. The molecule has 0 radical (unpaired) electrons. The zero-order valence-electron chi connectivity index (χ0n) is 14.6. The second-order valence-electron chi connectivity index (χ2n) is 6.68. The van der Waals surface area contributed by atoms with Gasteiger partial charge in [-0.2, -0.15) is 5.10 Å². The maximum absolute atomic E-state index is 11.5. The van der Waals surface area contributed by atoms with Gasteiger partial charge in [0.25, 0.3) is 0 Å². The highest BCUT2D eigenvalue weighted by atomic mass is 35.5. The molecule has 0 saturated carbocycles. The van der Waals surface area contributed by atoms with Crippen molar-refractivity contribution in [1.82, 2.24) is 24.6 Å². The Labute approximate surface area is 162 Å². The van der Waals surface area contributed by atoms with Crippen molar-refractivity contribution in [3.05, 3.63) is 54.2 Å². The lowest BCUT2D eigenvalue weighted by molar-refractivity contribution is 0.521. The molecule has 0 aliphatic carbocycles. The first-order valence-corrected chi connectivity index (χ1v) is 10.9. The fourth-order valence-corrected chi connectivity index (χ4v) is 5.11. The lowest BCUT2D eigenvalue weighted by atomic mass is 10.2. The maximum Gasteiger partial charge on any atom is 0.151 e. The third-order valence-corrected chi connectivity index (χ3v) is 6.72. The zero-order chi connectivity index (χ0) is 18.9. The molecule has 1 aromatic carbocycles. The van der Waals surface area contributed by atoms with E-state index in [-0.39, 0.29) is 17.5 Å². The first-order chi connectivity index (χ1) is 13.0. The fourth-order valence-electron chi connectivity index (χ4n) is 3.27. The molecule has 1 saturated heterocycles. The summed E-state index contributed by atoms with van der Waals surface area (Å²) in [6, 6.07) is 7.54. The smallest absolute Gasteiger partial charge is 0.151 e. The van der Waals surface area contributed by atoms with Gasteiger partial charge in [-0.1, -0.05) is 11.6 Å². The third kappa shape index (κ3) is 4.23. The quantitative estimate of drug-likeness (QED) is 0.679. The lowest BCUT2D eigenvalue weighted by Gasteiger charge is -2.12. The largest absolute Gasteiger partial charge is 0.329 e. The van der Waals surface area contributed by atoms with Crippen LogP contribution in [0.3, 0.4) is 0 Å². The van der Waals surface area contributed by atoms with Crippen LogP contribution in [0, 0.1) is 0 Å². The van der Waals surface area contributed by atoms with Crippen LogP contribution in [-0.4, -0.2) is 51.8 Å². The number of benzene rings is 1. The predicted molar refractivity (Wildman–Crippen MR) is 105 cm³/mol. The molecule has 7 nitrogen and oxygen atoms in total. The summed E-state index contributed by atoms with van der Waals surface area (Å²) >= 11 is 5.94. The van der Waals surface area contributed by atoms with Gasteiger partial charge in [-0.15, -0.1) is 0 Å². The van der Waals surface area contributed by atoms with Crippen LogP contribution in [0.25, 0.3) is 16.9 Å². The van der Waals surface area contributed by atoms with Crippen molar-refractivity contribution in [2.45, 2.75) is 19.0 Å². The van der Waals surface area contributed by atoms with Crippen molar-refractivity contribution < 1.29 is 8.42 Å². The Morgan fingerprint density at radius 3 is 2.78 bits per heavy atom. The van der Waals surface area contributed by atoms with Crippen molar-refractivity contribution in [2.75, 3.05) is 18.1 Å². The molecule has 1 N–H and O–H groups in total. The molecule has 0 bridgehead atoms. The summed E-state index contributed by atoms with van der Waals surface area (Å²) in [5, 5.41) is 8.44.